The average Bonchev–Trinajstić information content (AvgIpc) is 3.65. The smallest absolute Gasteiger partial charge is 0.309 e. The third-order valence-electron chi connectivity index (χ3n) is 9.47. The quantitative estimate of drug-likeness (QED) is 0.170. The van der Waals surface area contributed by atoms with Crippen LogP contribution in [0.2, 0.25) is 0 Å². The molecule has 0 fully saturated rings. The minimum atomic E-state index is -4.80. The Morgan fingerprint density at radius 1 is 0.389 bits per heavy atom. The summed E-state index contributed by atoms with van der Waals surface area (Å²) in [6.45, 7) is 0. The van der Waals surface area contributed by atoms with E-state index in [4.69, 9.17) is 0 Å². The lowest BCUT2D eigenvalue weighted by Crippen LogP contribution is -2.07. The molecule has 0 atom stereocenters. The number of para-hydroxylation sites is 2. The maximum atomic E-state index is 13.9. The predicted octanol–water partition coefficient (Wildman–Crippen LogP) is 12.3. The van der Waals surface area contributed by atoms with E-state index in [2.05, 4.69) is 6.07 Å². The van der Waals surface area contributed by atoms with Crippen LogP contribution in [0.25, 0.3) is 66.1 Å². The van der Waals surface area contributed by atoms with Gasteiger partial charge in [0.25, 0.3) is 0 Å². The average molecular weight is 739 g/mol. The topological polar surface area (TPSA) is 57.4 Å². The molecule has 0 saturated carbocycles. The summed E-state index contributed by atoms with van der Waals surface area (Å²) in [7, 11) is 0. The van der Waals surface area contributed by atoms with Crippen LogP contribution >= 0.6 is 0 Å². The van der Waals surface area contributed by atoms with E-state index < -0.39 is 35.2 Å². The summed E-state index contributed by atoms with van der Waals surface area (Å²) in [5.74, 6) is 0. The first-order valence-corrected chi connectivity index (χ1v) is 16.0. The van der Waals surface area contributed by atoms with Gasteiger partial charge >= 0.3 is 18.5 Å². The van der Waals surface area contributed by atoms with Crippen molar-refractivity contribution in [2.45, 2.75) is 18.5 Å². The molecule has 0 bridgehead atoms. The van der Waals surface area contributed by atoms with Gasteiger partial charge < -0.3 is 9.13 Å². The van der Waals surface area contributed by atoms with Crippen molar-refractivity contribution < 1.29 is 39.5 Å². The van der Waals surface area contributed by atoms with Gasteiger partial charge in [0.05, 0.1) is 67.3 Å². The molecule has 0 spiro atoms. The van der Waals surface area contributed by atoms with E-state index in [1.54, 1.807) is 57.7 Å². The van der Waals surface area contributed by atoms with Crippen molar-refractivity contribution in [2.24, 2.45) is 0 Å². The van der Waals surface area contributed by atoms with E-state index in [-0.39, 0.29) is 55.4 Å². The monoisotopic (exact) mass is 738 g/mol. The second-order valence-electron chi connectivity index (χ2n) is 12.5. The zero-order valence-corrected chi connectivity index (χ0v) is 27.2. The number of fused-ring (bicyclic) bond motifs is 6. The van der Waals surface area contributed by atoms with Crippen LogP contribution in [0, 0.1) is 22.7 Å². The molecule has 0 aliphatic heterocycles. The lowest BCUT2D eigenvalue weighted by Gasteiger charge is -2.20. The molecule has 8 aromatic rings. The minimum absolute atomic E-state index is 0.00390. The highest BCUT2D eigenvalue weighted by molar-refractivity contribution is 6.11. The van der Waals surface area contributed by atoms with E-state index in [0.717, 1.165) is 36.4 Å². The van der Waals surface area contributed by atoms with Crippen LogP contribution in [-0.4, -0.2) is 9.13 Å². The highest BCUT2D eigenvalue weighted by Gasteiger charge is 2.34. The zero-order valence-electron chi connectivity index (χ0n) is 27.2. The SMILES string of the molecule is N#Cc1cc(C(F)(F)F)ccc1-c1cc(-n2c3ccccc3c3cc(C(F)(F)F)ccc32)c(C#N)cc1-n1c2ccccc2c2cc(C(F)(F)F)ccc21. The first-order chi connectivity index (χ1) is 25.6. The summed E-state index contributed by atoms with van der Waals surface area (Å²) in [5, 5.41) is 22.1. The largest absolute Gasteiger partial charge is 0.416 e. The van der Waals surface area contributed by atoms with Crippen LogP contribution in [-0.2, 0) is 18.5 Å². The zero-order chi connectivity index (χ0) is 38.3. The molecule has 2 aromatic heterocycles. The lowest BCUT2D eigenvalue weighted by molar-refractivity contribution is -0.138. The van der Waals surface area contributed by atoms with Crippen molar-refractivity contribution >= 4 is 43.6 Å². The molecule has 0 N–H and O–H groups in total. The van der Waals surface area contributed by atoms with Crippen molar-refractivity contribution in [1.29, 1.82) is 10.5 Å². The van der Waals surface area contributed by atoms with E-state index in [1.165, 1.54) is 24.3 Å². The van der Waals surface area contributed by atoms with Gasteiger partial charge in [0.1, 0.15) is 6.07 Å². The van der Waals surface area contributed by atoms with Crippen LogP contribution < -0.4 is 0 Å². The summed E-state index contributed by atoms with van der Waals surface area (Å²) in [5.41, 5.74) is -1.58. The fraction of sp³-hybridized carbons (Fsp3) is 0.0732. The number of benzene rings is 6. The maximum absolute atomic E-state index is 13.9. The van der Waals surface area contributed by atoms with Crippen molar-refractivity contribution in [3.8, 4) is 34.6 Å². The first-order valence-electron chi connectivity index (χ1n) is 16.0. The Kier molecular flexibility index (Phi) is 7.57. The van der Waals surface area contributed by atoms with Gasteiger partial charge in [-0.3, -0.25) is 0 Å². The number of rotatable bonds is 3. The normalized spacial score (nSPS) is 12.5. The van der Waals surface area contributed by atoms with Gasteiger partial charge in [-0.05, 0) is 72.8 Å². The Balaban J connectivity index is 1.52. The van der Waals surface area contributed by atoms with Crippen molar-refractivity contribution in [1.82, 2.24) is 9.13 Å². The van der Waals surface area contributed by atoms with Crippen molar-refractivity contribution in [3.05, 3.63) is 143 Å². The molecule has 4 nitrogen and oxygen atoms in total. The summed E-state index contributed by atoms with van der Waals surface area (Å²) in [6, 6.07) is 28.8. The second kappa shape index (κ2) is 11.9. The fourth-order valence-electron chi connectivity index (χ4n) is 7.12. The molecule has 0 aliphatic carbocycles. The van der Waals surface area contributed by atoms with Crippen LogP contribution in [0.1, 0.15) is 27.8 Å². The molecule has 8 rings (SSSR count). The molecule has 0 amide bonds. The van der Waals surface area contributed by atoms with Crippen molar-refractivity contribution in [2.75, 3.05) is 0 Å². The molecule has 266 valence electrons. The first kappa shape index (κ1) is 34.4. The van der Waals surface area contributed by atoms with Gasteiger partial charge in [0, 0.05) is 32.7 Å². The number of halogens is 9. The molecular formula is C41H19F9N4. The number of nitrogens with zero attached hydrogens (tertiary/aromatic N) is 4. The third-order valence-corrected chi connectivity index (χ3v) is 9.47. The Bertz CT molecular complexity index is 2930. The molecule has 54 heavy (non-hydrogen) atoms. The summed E-state index contributed by atoms with van der Waals surface area (Å²) in [4.78, 5) is 0. The Morgan fingerprint density at radius 3 is 1.30 bits per heavy atom. The standard InChI is InChI=1S/C41H19F9N4/c42-39(43,44)24-9-12-27(22(15-24)20-51)32-19-37(53-33-7-3-1-5-28(33)30-17-25(40(45,46)47)10-13-35(30)53)23(21-52)16-38(32)54-34-8-4-2-6-29(34)31-18-26(41(48,49)50)11-14-36(31)54/h1-19H. The molecule has 2 heterocycles. The third kappa shape index (κ3) is 5.39. The van der Waals surface area contributed by atoms with E-state index in [9.17, 15) is 50.0 Å². The Labute approximate surface area is 298 Å². The van der Waals surface area contributed by atoms with E-state index >= 15 is 0 Å². The molecular weight excluding hydrogens is 719 g/mol. The maximum Gasteiger partial charge on any atom is 0.416 e. The summed E-state index contributed by atoms with van der Waals surface area (Å²) < 4.78 is 128. The predicted molar refractivity (Wildman–Crippen MR) is 185 cm³/mol. The molecule has 13 heteroatoms. The highest BCUT2D eigenvalue weighted by Crippen LogP contribution is 2.44. The van der Waals surface area contributed by atoms with E-state index in [0.29, 0.717) is 27.9 Å². The van der Waals surface area contributed by atoms with Gasteiger partial charge in [-0.15, -0.1) is 0 Å². The van der Waals surface area contributed by atoms with Gasteiger partial charge in [-0.25, -0.2) is 0 Å². The van der Waals surface area contributed by atoms with Crippen LogP contribution in [0.4, 0.5) is 39.5 Å². The Morgan fingerprint density at radius 2 is 0.815 bits per heavy atom. The number of nitriles is 2. The molecule has 0 aliphatic rings. The number of alkyl halides is 9. The lowest BCUT2D eigenvalue weighted by atomic mass is 9.94. The van der Waals surface area contributed by atoms with Gasteiger partial charge in [0.15, 0.2) is 0 Å². The number of hydrogen-bond donors (Lipinski definition) is 0. The van der Waals surface area contributed by atoms with E-state index in [1.807, 2.05) is 6.07 Å². The minimum Gasteiger partial charge on any atom is -0.309 e. The van der Waals surface area contributed by atoms with Crippen LogP contribution in [0.3, 0.4) is 0 Å². The van der Waals surface area contributed by atoms with Gasteiger partial charge in [-0.2, -0.15) is 50.0 Å². The fourth-order valence-corrected chi connectivity index (χ4v) is 7.12. The van der Waals surface area contributed by atoms with Gasteiger partial charge in [0.2, 0.25) is 0 Å². The summed E-state index contributed by atoms with van der Waals surface area (Å²) in [6.07, 6.45) is -14.1. The highest BCUT2D eigenvalue weighted by atomic mass is 19.4. The number of hydrogen-bond acceptors (Lipinski definition) is 2. The molecule has 0 unspecified atom stereocenters. The van der Waals surface area contributed by atoms with Crippen LogP contribution in [0.5, 0.6) is 0 Å². The molecule has 6 aromatic carbocycles. The van der Waals surface area contributed by atoms with Crippen LogP contribution in [0.15, 0.2) is 115 Å². The summed E-state index contributed by atoms with van der Waals surface area (Å²) >= 11 is 0. The molecule has 0 saturated heterocycles. The molecule has 0 radical (unpaired) electrons. The Hall–Kier alpha value is -6.73. The van der Waals surface area contributed by atoms with Crippen molar-refractivity contribution in [3.63, 3.8) is 0 Å². The van der Waals surface area contributed by atoms with Gasteiger partial charge in [-0.1, -0.05) is 42.5 Å². The number of aromatic nitrogens is 2. The second-order valence-corrected chi connectivity index (χ2v) is 12.5.